The lowest BCUT2D eigenvalue weighted by Gasteiger charge is -2.41. The van der Waals surface area contributed by atoms with Crippen molar-refractivity contribution in [2.45, 2.75) is 256 Å². The van der Waals surface area contributed by atoms with Gasteiger partial charge in [-0.15, -0.1) is 0 Å². The van der Waals surface area contributed by atoms with E-state index >= 15 is 0 Å². The number of rotatable bonds is 45. The van der Waals surface area contributed by atoms with Crippen LogP contribution < -0.4 is 0 Å². The van der Waals surface area contributed by atoms with Gasteiger partial charge < -0.3 is 34.3 Å². The van der Waals surface area contributed by atoms with Crippen molar-refractivity contribution in [3.05, 3.63) is 36.5 Å². The topological polar surface area (TPSA) is 178 Å². The summed E-state index contributed by atoms with van der Waals surface area (Å²) < 4.78 is 59.2. The molecule has 1 fully saturated rings. The van der Waals surface area contributed by atoms with Crippen molar-refractivity contribution in [1.29, 1.82) is 0 Å². The molecule has 64 heavy (non-hydrogen) atoms. The fraction of sp³-hybridized carbons (Fsp3) is 0.863. The molecule has 0 saturated carbocycles. The molecule has 1 saturated heterocycles. The highest BCUT2D eigenvalue weighted by molar-refractivity contribution is 7.80. The molecule has 12 nitrogen and oxygen atoms in total. The zero-order valence-electron chi connectivity index (χ0n) is 40.3. The maximum Gasteiger partial charge on any atom is 0.397 e. The van der Waals surface area contributed by atoms with E-state index in [9.17, 15) is 33.1 Å². The molecule has 0 aromatic heterocycles. The molecular weight excluding hydrogens is 837 g/mol. The van der Waals surface area contributed by atoms with Gasteiger partial charge in [0.25, 0.3) is 0 Å². The lowest BCUT2D eigenvalue weighted by molar-refractivity contribution is -0.301. The van der Waals surface area contributed by atoms with Crippen LogP contribution in [0.25, 0.3) is 0 Å². The van der Waals surface area contributed by atoms with Crippen molar-refractivity contribution in [1.82, 2.24) is 0 Å². The highest BCUT2D eigenvalue weighted by atomic mass is 32.3. The summed E-state index contributed by atoms with van der Waals surface area (Å²) >= 11 is 0. The highest BCUT2D eigenvalue weighted by Gasteiger charge is 2.48. The Morgan fingerprint density at radius 1 is 0.609 bits per heavy atom. The van der Waals surface area contributed by atoms with Crippen LogP contribution in [0.15, 0.2) is 36.5 Å². The first kappa shape index (κ1) is 60.3. The number of ether oxygens (including phenoxy) is 4. The van der Waals surface area contributed by atoms with E-state index in [0.29, 0.717) is 13.0 Å². The standard InChI is InChI=1S/C51H94O12S/c1-3-5-7-9-11-13-15-17-19-21-22-23-25-27-29-31-33-35-37-39-41-59-43-45(44-60-51-49(55)50(63-64(56,57)58)48(54)46(42-52)62-51)61-47(53)40-38-36-34-32-30-28-26-24-20-18-16-14-12-10-8-6-4-2/h6,8,12,14,18,20,45-46,48-52,54-55H,3-5,7,9-11,13,15-17,19,21-44H2,1-2H3,(H,56,57,58)/b8-6-,14-12-,20-18-. The van der Waals surface area contributed by atoms with E-state index in [4.69, 9.17) is 18.9 Å². The Balaban J connectivity index is 2.35. The molecule has 1 aliphatic rings. The number of carbonyl (C=O) groups excluding carboxylic acids is 1. The first-order chi connectivity index (χ1) is 31.1. The van der Waals surface area contributed by atoms with E-state index in [1.165, 1.54) is 122 Å². The summed E-state index contributed by atoms with van der Waals surface area (Å²) in [6.07, 6.45) is 41.8. The van der Waals surface area contributed by atoms with Crippen LogP contribution in [0.3, 0.4) is 0 Å². The average Bonchev–Trinajstić information content (AvgIpc) is 3.27. The summed E-state index contributed by atoms with van der Waals surface area (Å²) in [6, 6.07) is 0. The molecular formula is C51H94O12S. The summed E-state index contributed by atoms with van der Waals surface area (Å²) in [4.78, 5) is 12.9. The molecule has 376 valence electrons. The number of allylic oxidation sites excluding steroid dienone is 6. The molecule has 0 amide bonds. The second kappa shape index (κ2) is 42.7. The maximum atomic E-state index is 12.9. The van der Waals surface area contributed by atoms with Gasteiger partial charge in [0, 0.05) is 13.0 Å². The number of carbonyl (C=O) groups is 1. The van der Waals surface area contributed by atoms with Gasteiger partial charge in [0.15, 0.2) is 6.29 Å². The largest absolute Gasteiger partial charge is 0.457 e. The van der Waals surface area contributed by atoms with Crippen LogP contribution >= 0.6 is 0 Å². The lowest BCUT2D eigenvalue weighted by Crippen LogP contribution is -2.60. The number of hydrogen-bond acceptors (Lipinski definition) is 11. The smallest absolute Gasteiger partial charge is 0.397 e. The van der Waals surface area contributed by atoms with Gasteiger partial charge in [0.05, 0.1) is 19.8 Å². The van der Waals surface area contributed by atoms with E-state index in [1.54, 1.807) is 0 Å². The van der Waals surface area contributed by atoms with Crippen LogP contribution in [0.5, 0.6) is 0 Å². The Hall–Kier alpha value is -1.68. The predicted molar refractivity (Wildman–Crippen MR) is 257 cm³/mol. The third-order valence-corrected chi connectivity index (χ3v) is 12.2. The second-order valence-electron chi connectivity index (χ2n) is 17.7. The quantitative estimate of drug-likeness (QED) is 0.0197. The Morgan fingerprint density at radius 3 is 1.58 bits per heavy atom. The fourth-order valence-electron chi connectivity index (χ4n) is 7.92. The SMILES string of the molecule is CC/C=C\C/C=C\C/C=C\CCCCCCCCCC(=O)OC(COCCCCCCCCCCCCCCCCCCCCCC)COC1OC(CO)C(O)C(OS(=O)(=O)O)C1O. The zero-order valence-corrected chi connectivity index (χ0v) is 41.2. The fourth-order valence-corrected chi connectivity index (χ4v) is 8.43. The molecule has 1 rings (SSSR count). The number of aliphatic hydroxyl groups is 3. The van der Waals surface area contributed by atoms with E-state index in [1.807, 2.05) is 0 Å². The molecule has 0 aromatic rings. The summed E-state index contributed by atoms with van der Waals surface area (Å²) in [6.45, 7) is 3.90. The van der Waals surface area contributed by atoms with Crippen molar-refractivity contribution >= 4 is 16.4 Å². The van der Waals surface area contributed by atoms with E-state index in [-0.39, 0.29) is 19.6 Å². The molecule has 0 radical (unpaired) electrons. The van der Waals surface area contributed by atoms with Crippen LogP contribution in [0.1, 0.15) is 219 Å². The van der Waals surface area contributed by atoms with Crippen molar-refractivity contribution in [2.75, 3.05) is 26.4 Å². The molecule has 4 N–H and O–H groups in total. The maximum absolute atomic E-state index is 12.9. The molecule has 1 aliphatic heterocycles. The number of aliphatic hydroxyl groups excluding tert-OH is 3. The van der Waals surface area contributed by atoms with E-state index in [2.05, 4.69) is 54.5 Å². The molecule has 13 heteroatoms. The number of unbranched alkanes of at least 4 members (excludes halogenated alkanes) is 26. The van der Waals surface area contributed by atoms with Crippen molar-refractivity contribution in [3.8, 4) is 0 Å². The van der Waals surface area contributed by atoms with E-state index < -0.39 is 59.8 Å². The van der Waals surface area contributed by atoms with Gasteiger partial charge >= 0.3 is 16.4 Å². The third kappa shape index (κ3) is 35.5. The van der Waals surface area contributed by atoms with Gasteiger partial charge in [-0.25, -0.2) is 4.18 Å². The molecule has 6 atom stereocenters. The van der Waals surface area contributed by atoms with Crippen molar-refractivity contribution < 1.29 is 56.2 Å². The summed E-state index contributed by atoms with van der Waals surface area (Å²) in [5.74, 6) is -0.406. The van der Waals surface area contributed by atoms with Gasteiger partial charge in [0.1, 0.15) is 30.5 Å². The summed E-state index contributed by atoms with van der Waals surface area (Å²) in [7, 11) is -5.06. The Bertz CT molecular complexity index is 1260. The average molecular weight is 931 g/mol. The molecule has 6 unspecified atom stereocenters. The first-order valence-electron chi connectivity index (χ1n) is 25.7. The van der Waals surface area contributed by atoms with Gasteiger partial charge in [-0.2, -0.15) is 8.42 Å². The van der Waals surface area contributed by atoms with Crippen LogP contribution in [0.4, 0.5) is 0 Å². The predicted octanol–water partition coefficient (Wildman–Crippen LogP) is 11.7. The molecule has 0 spiro atoms. The minimum Gasteiger partial charge on any atom is -0.457 e. The third-order valence-electron chi connectivity index (χ3n) is 11.8. The summed E-state index contributed by atoms with van der Waals surface area (Å²) in [5, 5.41) is 30.7. The highest BCUT2D eigenvalue weighted by Crippen LogP contribution is 2.26. The van der Waals surface area contributed by atoms with Gasteiger partial charge in [-0.3, -0.25) is 9.35 Å². The van der Waals surface area contributed by atoms with Crippen LogP contribution in [0, 0.1) is 0 Å². The van der Waals surface area contributed by atoms with Crippen molar-refractivity contribution in [2.24, 2.45) is 0 Å². The molecule has 0 aromatic carbocycles. The van der Waals surface area contributed by atoms with Gasteiger partial charge in [-0.1, -0.05) is 204 Å². The van der Waals surface area contributed by atoms with Gasteiger partial charge in [-0.05, 0) is 44.9 Å². The number of esters is 1. The Morgan fingerprint density at radius 2 is 1.08 bits per heavy atom. The lowest BCUT2D eigenvalue weighted by atomic mass is 9.99. The summed E-state index contributed by atoms with van der Waals surface area (Å²) in [5.41, 5.74) is 0. The Kier molecular flexibility index (Phi) is 40.2. The number of hydrogen-bond donors (Lipinski definition) is 4. The minimum absolute atomic E-state index is 0.0349. The van der Waals surface area contributed by atoms with Crippen LogP contribution in [-0.2, 0) is 38.3 Å². The van der Waals surface area contributed by atoms with E-state index in [0.717, 1.165) is 70.6 Å². The minimum atomic E-state index is -5.06. The normalized spacial score (nSPS) is 20.0. The van der Waals surface area contributed by atoms with Crippen LogP contribution in [-0.4, -0.2) is 97.5 Å². The van der Waals surface area contributed by atoms with Crippen LogP contribution in [0.2, 0.25) is 0 Å². The monoisotopic (exact) mass is 931 g/mol. The zero-order chi connectivity index (χ0) is 46.8. The molecule has 1 heterocycles. The van der Waals surface area contributed by atoms with Crippen molar-refractivity contribution in [3.63, 3.8) is 0 Å². The van der Waals surface area contributed by atoms with Gasteiger partial charge in [0.2, 0.25) is 0 Å². The second-order valence-corrected chi connectivity index (χ2v) is 18.8. The molecule has 0 aliphatic carbocycles. The first-order valence-corrected chi connectivity index (χ1v) is 27.1. The Labute approximate surface area is 390 Å². The molecule has 0 bridgehead atoms.